The van der Waals surface area contributed by atoms with E-state index < -0.39 is 0 Å². The van der Waals surface area contributed by atoms with Crippen molar-refractivity contribution in [1.82, 2.24) is 10.1 Å². The molecule has 1 aliphatic heterocycles. The third-order valence-electron chi connectivity index (χ3n) is 5.25. The smallest absolute Gasteiger partial charge is 0.254 e. The van der Waals surface area contributed by atoms with Crippen LogP contribution in [0.5, 0.6) is 0 Å². The van der Waals surface area contributed by atoms with E-state index in [1.165, 1.54) is 0 Å². The fourth-order valence-corrected chi connectivity index (χ4v) is 3.92. The van der Waals surface area contributed by atoms with Crippen LogP contribution < -0.4 is 0 Å². The highest BCUT2D eigenvalue weighted by molar-refractivity contribution is 6.30. The van der Waals surface area contributed by atoms with Crippen molar-refractivity contribution < 1.29 is 9.32 Å². The minimum atomic E-state index is 0.0331. The normalized spacial score (nSPS) is 13.5. The lowest BCUT2D eigenvalue weighted by molar-refractivity contribution is 0.0736. The molecule has 0 atom stereocenters. The quantitative estimate of drug-likeness (QED) is 0.465. The number of fused-ring (bicyclic) bond motifs is 2. The minimum absolute atomic E-state index is 0.0331. The lowest BCUT2D eigenvalue weighted by atomic mass is 9.99. The van der Waals surface area contributed by atoms with Gasteiger partial charge in [0.2, 0.25) is 0 Å². The van der Waals surface area contributed by atoms with Crippen LogP contribution in [0.25, 0.3) is 22.1 Å². The molecule has 0 aliphatic carbocycles. The molecule has 0 unspecified atom stereocenters. The van der Waals surface area contributed by atoms with Gasteiger partial charge in [-0.1, -0.05) is 53.2 Å². The minimum Gasteiger partial charge on any atom is -0.356 e. The number of halogens is 1. The Kier molecular flexibility index (Phi) is 4.14. The summed E-state index contributed by atoms with van der Waals surface area (Å²) in [5.74, 6) is 0.743. The topological polar surface area (TPSA) is 46.3 Å². The summed E-state index contributed by atoms with van der Waals surface area (Å²) in [6, 6.07) is 21.3. The Bertz CT molecular complexity index is 1180. The SMILES string of the molecule is O=C(c1cccc2ccccc12)N1CCc2noc(-c3ccc(Cl)cc3)c2C1. The average Bonchev–Trinajstić information content (AvgIpc) is 3.16. The number of hydrogen-bond donors (Lipinski definition) is 0. The van der Waals surface area contributed by atoms with Crippen LogP contribution in [0.2, 0.25) is 5.02 Å². The van der Waals surface area contributed by atoms with Crippen molar-refractivity contribution in [3.63, 3.8) is 0 Å². The molecule has 5 rings (SSSR count). The fourth-order valence-electron chi connectivity index (χ4n) is 3.80. The number of carbonyl (C=O) groups is 1. The predicted molar refractivity (Wildman–Crippen MR) is 109 cm³/mol. The van der Waals surface area contributed by atoms with Crippen molar-refractivity contribution in [3.8, 4) is 11.3 Å². The number of amides is 1. The lowest BCUT2D eigenvalue weighted by Crippen LogP contribution is -2.36. The summed E-state index contributed by atoms with van der Waals surface area (Å²) in [5, 5.41) is 6.94. The van der Waals surface area contributed by atoms with Gasteiger partial charge in [-0.05, 0) is 41.1 Å². The molecule has 2 heterocycles. The standard InChI is InChI=1S/C23H17ClN2O2/c24-17-10-8-16(9-11-17)22-20-14-26(13-12-21(20)25-28-22)23(27)19-7-3-5-15-4-1-2-6-18(15)19/h1-11H,12-14H2. The Labute approximate surface area is 167 Å². The first kappa shape index (κ1) is 17.0. The molecule has 1 amide bonds. The van der Waals surface area contributed by atoms with E-state index >= 15 is 0 Å². The molecule has 1 aromatic heterocycles. The van der Waals surface area contributed by atoms with E-state index in [0.717, 1.165) is 33.2 Å². The molecule has 0 fully saturated rings. The molecule has 0 N–H and O–H groups in total. The molecule has 4 aromatic rings. The molecular formula is C23H17ClN2O2. The van der Waals surface area contributed by atoms with Crippen LogP contribution in [0.4, 0.5) is 0 Å². The molecule has 28 heavy (non-hydrogen) atoms. The number of aromatic nitrogens is 1. The van der Waals surface area contributed by atoms with Crippen molar-refractivity contribution in [3.05, 3.63) is 88.6 Å². The number of rotatable bonds is 2. The molecular weight excluding hydrogens is 372 g/mol. The lowest BCUT2D eigenvalue weighted by Gasteiger charge is -2.27. The zero-order chi connectivity index (χ0) is 19.1. The van der Waals surface area contributed by atoms with Crippen molar-refractivity contribution in [2.24, 2.45) is 0 Å². The third-order valence-corrected chi connectivity index (χ3v) is 5.50. The van der Waals surface area contributed by atoms with Gasteiger partial charge in [-0.15, -0.1) is 0 Å². The van der Waals surface area contributed by atoms with Crippen molar-refractivity contribution in [1.29, 1.82) is 0 Å². The van der Waals surface area contributed by atoms with Crippen LogP contribution in [0, 0.1) is 0 Å². The largest absolute Gasteiger partial charge is 0.356 e. The number of hydrogen-bond acceptors (Lipinski definition) is 3. The van der Waals surface area contributed by atoms with Gasteiger partial charge in [-0.3, -0.25) is 4.79 Å². The maximum absolute atomic E-state index is 13.3. The number of benzene rings is 3. The van der Waals surface area contributed by atoms with Gasteiger partial charge in [0, 0.05) is 34.7 Å². The van der Waals surface area contributed by atoms with Gasteiger partial charge in [0.05, 0.1) is 12.2 Å². The molecule has 0 saturated heterocycles. The summed E-state index contributed by atoms with van der Waals surface area (Å²) < 4.78 is 5.62. The molecule has 1 aliphatic rings. The summed E-state index contributed by atoms with van der Waals surface area (Å²) in [7, 11) is 0. The molecule has 0 radical (unpaired) electrons. The summed E-state index contributed by atoms with van der Waals surface area (Å²) in [6.45, 7) is 1.11. The molecule has 138 valence electrons. The molecule has 0 spiro atoms. The van der Waals surface area contributed by atoms with Crippen molar-refractivity contribution in [2.45, 2.75) is 13.0 Å². The molecule has 3 aromatic carbocycles. The first-order chi connectivity index (χ1) is 13.7. The van der Waals surface area contributed by atoms with Gasteiger partial charge in [-0.2, -0.15) is 0 Å². The summed E-state index contributed by atoms with van der Waals surface area (Å²) in [5.41, 5.74) is 3.54. The monoisotopic (exact) mass is 388 g/mol. The first-order valence-corrected chi connectivity index (χ1v) is 9.59. The highest BCUT2D eigenvalue weighted by atomic mass is 35.5. The maximum Gasteiger partial charge on any atom is 0.254 e. The van der Waals surface area contributed by atoms with Gasteiger partial charge in [0.25, 0.3) is 5.91 Å². The van der Waals surface area contributed by atoms with E-state index in [-0.39, 0.29) is 5.91 Å². The Hall–Kier alpha value is -3.11. The first-order valence-electron chi connectivity index (χ1n) is 9.21. The van der Waals surface area contributed by atoms with Crippen LogP contribution in [0.3, 0.4) is 0 Å². The summed E-state index contributed by atoms with van der Waals surface area (Å²) >= 11 is 6.00. The van der Waals surface area contributed by atoms with Gasteiger partial charge in [-0.25, -0.2) is 0 Å². The van der Waals surface area contributed by atoms with Crippen LogP contribution in [0.1, 0.15) is 21.6 Å². The zero-order valence-corrected chi connectivity index (χ0v) is 15.8. The van der Waals surface area contributed by atoms with Crippen molar-refractivity contribution >= 4 is 28.3 Å². The summed E-state index contributed by atoms with van der Waals surface area (Å²) in [6.07, 6.45) is 0.683. The maximum atomic E-state index is 13.3. The van der Waals surface area contributed by atoms with E-state index in [0.29, 0.717) is 30.3 Å². The highest BCUT2D eigenvalue weighted by Crippen LogP contribution is 2.32. The second kappa shape index (κ2) is 6.80. The average molecular weight is 389 g/mol. The number of carbonyl (C=O) groups excluding carboxylic acids is 1. The predicted octanol–water partition coefficient (Wildman–Crippen LogP) is 5.35. The molecule has 4 nitrogen and oxygen atoms in total. The Morgan fingerprint density at radius 1 is 1.00 bits per heavy atom. The molecule has 5 heteroatoms. The van der Waals surface area contributed by atoms with E-state index in [9.17, 15) is 4.79 Å². The number of nitrogens with zero attached hydrogens (tertiary/aromatic N) is 2. The van der Waals surface area contributed by atoms with E-state index in [1.54, 1.807) is 0 Å². The van der Waals surface area contributed by atoms with Crippen LogP contribution in [0.15, 0.2) is 71.3 Å². The highest BCUT2D eigenvalue weighted by Gasteiger charge is 2.28. The van der Waals surface area contributed by atoms with Gasteiger partial charge < -0.3 is 9.42 Å². The van der Waals surface area contributed by atoms with Gasteiger partial charge >= 0.3 is 0 Å². The fraction of sp³-hybridized carbons (Fsp3) is 0.130. The van der Waals surface area contributed by atoms with Crippen LogP contribution >= 0.6 is 11.6 Å². The second-order valence-electron chi connectivity index (χ2n) is 6.95. The molecule has 0 bridgehead atoms. The van der Waals surface area contributed by atoms with E-state index in [4.69, 9.17) is 16.1 Å². The summed E-state index contributed by atoms with van der Waals surface area (Å²) in [4.78, 5) is 15.2. The zero-order valence-electron chi connectivity index (χ0n) is 15.1. The Morgan fingerprint density at radius 2 is 1.79 bits per heavy atom. The van der Waals surface area contributed by atoms with Gasteiger partial charge in [0.1, 0.15) is 0 Å². The van der Waals surface area contributed by atoms with Gasteiger partial charge in [0.15, 0.2) is 5.76 Å². The van der Waals surface area contributed by atoms with Crippen LogP contribution in [-0.2, 0) is 13.0 Å². The Balaban J connectivity index is 1.49. The van der Waals surface area contributed by atoms with Crippen molar-refractivity contribution in [2.75, 3.05) is 6.54 Å². The van der Waals surface area contributed by atoms with E-state index in [2.05, 4.69) is 5.16 Å². The van der Waals surface area contributed by atoms with Crippen LogP contribution in [-0.4, -0.2) is 22.5 Å². The third kappa shape index (κ3) is 2.86. The Morgan fingerprint density at radius 3 is 2.64 bits per heavy atom. The second-order valence-corrected chi connectivity index (χ2v) is 7.38. The van der Waals surface area contributed by atoms with E-state index in [1.807, 2.05) is 71.6 Å². The molecule has 0 saturated carbocycles.